The highest BCUT2D eigenvalue weighted by Gasteiger charge is 2.41. The largest absolute Gasteiger partial charge is 0.495 e. The van der Waals surface area contributed by atoms with Gasteiger partial charge in [-0.25, -0.2) is 4.90 Å². The minimum absolute atomic E-state index is 0.256. The highest BCUT2D eigenvalue weighted by Crippen LogP contribution is 2.38. The third-order valence-electron chi connectivity index (χ3n) is 5.06. The summed E-state index contributed by atoms with van der Waals surface area (Å²) >= 11 is 1.43. The Morgan fingerprint density at radius 2 is 1.67 bits per heavy atom. The number of carbonyl (C=O) groups is 2. The summed E-state index contributed by atoms with van der Waals surface area (Å²) in [6.07, 6.45) is 0. The van der Waals surface area contributed by atoms with Gasteiger partial charge in [-0.05, 0) is 61.5 Å². The molecule has 0 bridgehead atoms. The lowest BCUT2D eigenvalue weighted by molar-refractivity contribution is -0.120. The number of methoxy groups -OCH3 is 1. The Balaban J connectivity index is 1.84. The van der Waals surface area contributed by atoms with Crippen LogP contribution in [0.5, 0.6) is 5.75 Å². The molecule has 0 unspecified atom stereocenters. The molecule has 0 spiro atoms. The first-order valence-electron chi connectivity index (χ1n) is 9.56. The number of nitrogens with zero attached hydrogens (tertiary/aromatic N) is 1. The van der Waals surface area contributed by atoms with E-state index in [4.69, 9.17) is 4.74 Å². The first kappa shape index (κ1) is 19.9. The molecule has 0 aliphatic carbocycles. The summed E-state index contributed by atoms with van der Waals surface area (Å²) in [7, 11) is 1.58. The molecule has 30 heavy (non-hydrogen) atoms. The Hall–Kier alpha value is -3.38. The van der Waals surface area contributed by atoms with Crippen LogP contribution in [-0.2, 0) is 9.59 Å². The van der Waals surface area contributed by atoms with Crippen LogP contribution in [0.1, 0.15) is 21.6 Å². The van der Waals surface area contributed by atoms with E-state index in [-0.39, 0.29) is 17.5 Å². The quantitative estimate of drug-likeness (QED) is 0.587. The van der Waals surface area contributed by atoms with E-state index in [0.29, 0.717) is 22.7 Å². The van der Waals surface area contributed by atoms with E-state index in [2.05, 4.69) is 5.32 Å². The molecule has 3 aromatic rings. The topological polar surface area (TPSA) is 58.6 Å². The van der Waals surface area contributed by atoms with Gasteiger partial charge < -0.3 is 10.1 Å². The van der Waals surface area contributed by atoms with E-state index >= 15 is 0 Å². The Kier molecular flexibility index (Phi) is 5.18. The molecule has 6 heteroatoms. The van der Waals surface area contributed by atoms with Crippen LogP contribution in [0.15, 0.2) is 59.6 Å². The van der Waals surface area contributed by atoms with Crippen LogP contribution in [0.4, 0.5) is 11.4 Å². The zero-order valence-corrected chi connectivity index (χ0v) is 18.1. The van der Waals surface area contributed by atoms with E-state index in [0.717, 1.165) is 21.6 Å². The van der Waals surface area contributed by atoms with Gasteiger partial charge in [0.25, 0.3) is 11.8 Å². The van der Waals surface area contributed by atoms with Gasteiger partial charge in [0.1, 0.15) is 11.4 Å². The molecule has 2 amide bonds. The second-order valence-electron chi connectivity index (χ2n) is 7.29. The zero-order valence-electron chi connectivity index (χ0n) is 17.3. The molecule has 152 valence electrons. The van der Waals surface area contributed by atoms with Gasteiger partial charge in [0.05, 0.1) is 24.1 Å². The second-order valence-corrected chi connectivity index (χ2v) is 8.24. The van der Waals surface area contributed by atoms with Gasteiger partial charge in [-0.15, -0.1) is 11.3 Å². The van der Waals surface area contributed by atoms with E-state index in [1.165, 1.54) is 16.2 Å². The fraction of sp³-hybridized carbons (Fsp3) is 0.167. The summed E-state index contributed by atoms with van der Waals surface area (Å²) in [4.78, 5) is 29.0. The highest BCUT2D eigenvalue weighted by molar-refractivity contribution is 7.11. The molecule has 2 heterocycles. The minimum Gasteiger partial charge on any atom is -0.495 e. The number of ether oxygens (including phenoxy) is 1. The second kappa shape index (κ2) is 7.80. The van der Waals surface area contributed by atoms with Crippen LogP contribution in [0, 0.1) is 20.8 Å². The molecule has 1 aliphatic rings. The normalized spacial score (nSPS) is 13.9. The maximum absolute atomic E-state index is 13.5. The van der Waals surface area contributed by atoms with Gasteiger partial charge in [-0.3, -0.25) is 9.59 Å². The summed E-state index contributed by atoms with van der Waals surface area (Å²) in [6.45, 7) is 5.85. The van der Waals surface area contributed by atoms with Gasteiger partial charge in [-0.2, -0.15) is 0 Å². The molecule has 2 aromatic carbocycles. The van der Waals surface area contributed by atoms with Crippen molar-refractivity contribution >= 4 is 40.1 Å². The number of thiophene rings is 1. The molecule has 0 saturated carbocycles. The smallest absolute Gasteiger partial charge is 0.282 e. The van der Waals surface area contributed by atoms with Crippen molar-refractivity contribution in [2.45, 2.75) is 20.8 Å². The molecule has 0 radical (unpaired) electrons. The molecule has 5 nitrogen and oxygen atoms in total. The lowest BCUT2D eigenvalue weighted by atomic mass is 10.1. The van der Waals surface area contributed by atoms with Crippen LogP contribution in [0.2, 0.25) is 0 Å². The van der Waals surface area contributed by atoms with Crippen LogP contribution in [0.25, 0.3) is 5.57 Å². The maximum Gasteiger partial charge on any atom is 0.282 e. The Morgan fingerprint density at radius 3 is 2.33 bits per heavy atom. The van der Waals surface area contributed by atoms with Crippen molar-refractivity contribution in [3.63, 3.8) is 0 Å². The molecule has 1 N–H and O–H groups in total. The summed E-state index contributed by atoms with van der Waals surface area (Å²) in [5, 5.41) is 5.09. The number of aryl methyl sites for hydroxylation is 3. The summed E-state index contributed by atoms with van der Waals surface area (Å²) in [5.41, 5.74) is 4.83. The molecule has 0 fully saturated rings. The van der Waals surface area contributed by atoms with Gasteiger partial charge in [0, 0.05) is 4.88 Å². The predicted molar refractivity (Wildman–Crippen MR) is 121 cm³/mol. The summed E-state index contributed by atoms with van der Waals surface area (Å²) in [6, 6.07) is 15.1. The van der Waals surface area contributed by atoms with Gasteiger partial charge in [-0.1, -0.05) is 29.8 Å². The van der Waals surface area contributed by atoms with E-state index in [1.807, 2.05) is 74.7 Å². The Labute approximate surface area is 179 Å². The number of amides is 2. The van der Waals surface area contributed by atoms with Crippen molar-refractivity contribution in [3.05, 3.63) is 81.2 Å². The van der Waals surface area contributed by atoms with Crippen LogP contribution >= 0.6 is 11.3 Å². The molecule has 1 aromatic heterocycles. The molecule has 1 aliphatic heterocycles. The highest BCUT2D eigenvalue weighted by atomic mass is 32.1. The number of carbonyl (C=O) groups excluding carboxylic acids is 2. The predicted octanol–water partition coefficient (Wildman–Crippen LogP) is 5.08. The molecule has 0 saturated heterocycles. The summed E-state index contributed by atoms with van der Waals surface area (Å²) < 4.78 is 5.45. The molecule has 4 rings (SSSR count). The zero-order chi connectivity index (χ0) is 21.4. The number of hydrogen-bond donors (Lipinski definition) is 1. The van der Waals surface area contributed by atoms with Crippen molar-refractivity contribution in [2.75, 3.05) is 17.3 Å². The van der Waals surface area contributed by atoms with Gasteiger partial charge >= 0.3 is 0 Å². The number of imide groups is 1. The standard InChI is InChI=1S/C24H22N2O3S/c1-14-7-9-18(16(3)12-14)26-23(27)21(20-6-5-11-30-20)22(24(26)28)25-17-13-15(2)8-10-19(17)29-4/h5-13,25H,1-4H3. The monoisotopic (exact) mass is 418 g/mol. The van der Waals surface area contributed by atoms with Crippen molar-refractivity contribution in [1.82, 2.24) is 0 Å². The number of anilines is 2. The average molecular weight is 419 g/mol. The van der Waals surface area contributed by atoms with Gasteiger partial charge in [0.15, 0.2) is 0 Å². The van der Waals surface area contributed by atoms with Crippen molar-refractivity contribution in [2.24, 2.45) is 0 Å². The average Bonchev–Trinajstić information content (AvgIpc) is 3.30. The minimum atomic E-state index is -0.376. The maximum atomic E-state index is 13.5. The number of benzene rings is 2. The fourth-order valence-corrected chi connectivity index (χ4v) is 4.39. The first-order valence-corrected chi connectivity index (χ1v) is 10.4. The third-order valence-corrected chi connectivity index (χ3v) is 5.95. The number of nitrogens with one attached hydrogen (secondary N) is 1. The Morgan fingerprint density at radius 1 is 0.933 bits per heavy atom. The van der Waals surface area contributed by atoms with Crippen LogP contribution in [0.3, 0.4) is 0 Å². The SMILES string of the molecule is COc1ccc(C)cc1NC1=C(c2cccs2)C(=O)N(c2ccc(C)cc2C)C1=O. The number of rotatable bonds is 5. The lowest BCUT2D eigenvalue weighted by Gasteiger charge is -2.18. The Bertz CT molecular complexity index is 1180. The van der Waals surface area contributed by atoms with Crippen molar-refractivity contribution in [1.29, 1.82) is 0 Å². The third kappa shape index (κ3) is 3.39. The fourth-order valence-electron chi connectivity index (χ4n) is 3.62. The first-order chi connectivity index (χ1) is 14.4. The molecule has 0 atom stereocenters. The summed E-state index contributed by atoms with van der Waals surface area (Å²) in [5.74, 6) is -0.105. The van der Waals surface area contributed by atoms with Crippen molar-refractivity contribution in [3.8, 4) is 5.75 Å². The molecular formula is C24H22N2O3S. The van der Waals surface area contributed by atoms with Crippen molar-refractivity contribution < 1.29 is 14.3 Å². The number of hydrogen-bond acceptors (Lipinski definition) is 5. The van der Waals surface area contributed by atoms with E-state index < -0.39 is 0 Å². The van der Waals surface area contributed by atoms with Crippen LogP contribution < -0.4 is 15.0 Å². The molecular weight excluding hydrogens is 396 g/mol. The van der Waals surface area contributed by atoms with Gasteiger partial charge in [0.2, 0.25) is 0 Å². The lowest BCUT2D eigenvalue weighted by Crippen LogP contribution is -2.33. The van der Waals surface area contributed by atoms with E-state index in [9.17, 15) is 9.59 Å². The van der Waals surface area contributed by atoms with Crippen LogP contribution in [-0.4, -0.2) is 18.9 Å². The van der Waals surface area contributed by atoms with E-state index in [1.54, 1.807) is 7.11 Å².